The summed E-state index contributed by atoms with van der Waals surface area (Å²) < 4.78 is 71.7. The fourth-order valence-corrected chi connectivity index (χ4v) is 1.81. The monoisotopic (exact) mass is 314 g/mol. The first-order valence-electron chi connectivity index (χ1n) is 6.28. The van der Waals surface area contributed by atoms with Crippen LogP contribution in [0.4, 0.5) is 22.0 Å². The summed E-state index contributed by atoms with van der Waals surface area (Å²) in [5.41, 5.74) is -0.585. The molecule has 0 heterocycles. The van der Waals surface area contributed by atoms with Gasteiger partial charge in [-0.2, -0.15) is 8.78 Å². The highest BCUT2D eigenvalue weighted by atomic mass is 19.3. The molecule has 0 radical (unpaired) electrons. The first-order valence-corrected chi connectivity index (χ1v) is 6.28. The highest BCUT2D eigenvalue weighted by Gasteiger charge is 2.37. The van der Waals surface area contributed by atoms with E-state index in [2.05, 4.69) is 4.74 Å². The Morgan fingerprint density at radius 2 is 1.64 bits per heavy atom. The molecule has 0 spiro atoms. The van der Waals surface area contributed by atoms with E-state index in [0.29, 0.717) is 17.7 Å². The molecule has 0 aromatic heterocycles. The minimum atomic E-state index is -4.02. The molecule has 0 fully saturated rings. The van der Waals surface area contributed by atoms with Crippen LogP contribution in [0.25, 0.3) is 6.08 Å². The lowest BCUT2D eigenvalue weighted by Crippen LogP contribution is -2.23. The van der Waals surface area contributed by atoms with Crippen molar-refractivity contribution in [2.45, 2.75) is 13.0 Å². The molecule has 0 N–H and O–H groups in total. The fraction of sp³-hybridized carbons (Fsp3) is 0.125. The van der Waals surface area contributed by atoms with Crippen molar-refractivity contribution in [3.05, 3.63) is 71.1 Å². The second-order valence-electron chi connectivity index (χ2n) is 4.43. The van der Waals surface area contributed by atoms with Crippen LogP contribution in [0.1, 0.15) is 18.1 Å². The molecule has 2 rings (SSSR count). The Bertz CT molecular complexity index is 710. The molecular formula is C16H11F5O. The molecule has 0 aliphatic carbocycles. The fourth-order valence-electron chi connectivity index (χ4n) is 1.81. The molecule has 2 aromatic rings. The molecule has 1 nitrogen and oxygen atoms in total. The summed E-state index contributed by atoms with van der Waals surface area (Å²) in [6.45, 7) is 1.70. The van der Waals surface area contributed by atoms with E-state index in [1.54, 1.807) is 19.1 Å². The van der Waals surface area contributed by atoms with E-state index in [-0.39, 0.29) is 0 Å². The van der Waals surface area contributed by atoms with Gasteiger partial charge < -0.3 is 4.74 Å². The van der Waals surface area contributed by atoms with Gasteiger partial charge in [-0.1, -0.05) is 18.2 Å². The van der Waals surface area contributed by atoms with Crippen molar-refractivity contribution in [1.82, 2.24) is 0 Å². The van der Waals surface area contributed by atoms with Crippen LogP contribution in [0.3, 0.4) is 0 Å². The minimum Gasteiger partial charge on any atom is -0.429 e. The summed E-state index contributed by atoms with van der Waals surface area (Å²) in [7, 11) is 0. The van der Waals surface area contributed by atoms with Gasteiger partial charge in [-0.25, -0.2) is 13.2 Å². The number of hydrogen-bond donors (Lipinski definition) is 0. The molecule has 0 saturated heterocycles. The predicted molar refractivity (Wildman–Crippen MR) is 72.0 cm³/mol. The Hall–Kier alpha value is -2.37. The van der Waals surface area contributed by atoms with Crippen molar-refractivity contribution in [2.24, 2.45) is 0 Å². The number of benzene rings is 2. The average Bonchev–Trinajstić information content (AvgIpc) is 2.43. The summed E-state index contributed by atoms with van der Waals surface area (Å²) in [4.78, 5) is 0. The quantitative estimate of drug-likeness (QED) is 0.699. The highest BCUT2D eigenvalue weighted by Crippen LogP contribution is 2.34. The SMILES string of the molecule is CC=Cc1ccc(C(F)(F)Oc2ccc(F)c(F)c2)c(F)c1. The summed E-state index contributed by atoms with van der Waals surface area (Å²) in [6, 6.07) is 5.04. The van der Waals surface area contributed by atoms with E-state index in [9.17, 15) is 22.0 Å². The van der Waals surface area contributed by atoms with Crippen molar-refractivity contribution in [2.75, 3.05) is 0 Å². The van der Waals surface area contributed by atoms with Gasteiger partial charge in [0, 0.05) is 6.07 Å². The van der Waals surface area contributed by atoms with E-state index < -0.39 is 34.9 Å². The lowest BCUT2D eigenvalue weighted by molar-refractivity contribution is -0.187. The summed E-state index contributed by atoms with van der Waals surface area (Å²) >= 11 is 0. The maximum atomic E-state index is 14.0. The van der Waals surface area contributed by atoms with Crippen LogP contribution in [-0.2, 0) is 6.11 Å². The van der Waals surface area contributed by atoms with Crippen molar-refractivity contribution in [3.63, 3.8) is 0 Å². The van der Waals surface area contributed by atoms with E-state index >= 15 is 0 Å². The number of alkyl halides is 2. The first kappa shape index (κ1) is 16.0. The van der Waals surface area contributed by atoms with Gasteiger partial charge in [0.1, 0.15) is 11.6 Å². The zero-order valence-electron chi connectivity index (χ0n) is 11.4. The van der Waals surface area contributed by atoms with Crippen LogP contribution in [0.5, 0.6) is 5.75 Å². The van der Waals surface area contributed by atoms with E-state index in [1.165, 1.54) is 6.07 Å². The van der Waals surface area contributed by atoms with Gasteiger partial charge in [0.25, 0.3) is 0 Å². The topological polar surface area (TPSA) is 9.23 Å². The maximum Gasteiger partial charge on any atom is 0.429 e. The molecule has 22 heavy (non-hydrogen) atoms. The van der Waals surface area contributed by atoms with Gasteiger partial charge in [0.15, 0.2) is 11.6 Å². The van der Waals surface area contributed by atoms with E-state index in [0.717, 1.165) is 18.2 Å². The van der Waals surface area contributed by atoms with Crippen LogP contribution in [-0.4, -0.2) is 0 Å². The van der Waals surface area contributed by atoms with E-state index in [1.807, 2.05) is 0 Å². The van der Waals surface area contributed by atoms with Gasteiger partial charge in [-0.3, -0.25) is 0 Å². The van der Waals surface area contributed by atoms with Crippen molar-refractivity contribution >= 4 is 6.08 Å². The number of hydrogen-bond acceptors (Lipinski definition) is 1. The van der Waals surface area contributed by atoms with Crippen LogP contribution in [0.15, 0.2) is 42.5 Å². The Balaban J connectivity index is 2.31. The van der Waals surface area contributed by atoms with Crippen molar-refractivity contribution in [3.8, 4) is 5.75 Å². The Kier molecular flexibility index (Phi) is 4.49. The Labute approximate surface area is 123 Å². The molecule has 116 valence electrons. The minimum absolute atomic E-state index is 0.410. The summed E-state index contributed by atoms with van der Waals surface area (Å²) in [5.74, 6) is -4.31. The first-order chi connectivity index (χ1) is 10.3. The highest BCUT2D eigenvalue weighted by molar-refractivity contribution is 5.50. The van der Waals surface area contributed by atoms with Crippen LogP contribution >= 0.6 is 0 Å². The van der Waals surface area contributed by atoms with Gasteiger partial charge >= 0.3 is 6.11 Å². The van der Waals surface area contributed by atoms with Gasteiger partial charge in [-0.15, -0.1) is 0 Å². The van der Waals surface area contributed by atoms with Crippen molar-refractivity contribution in [1.29, 1.82) is 0 Å². The van der Waals surface area contributed by atoms with Gasteiger partial charge in [0.2, 0.25) is 0 Å². The second kappa shape index (κ2) is 6.17. The average molecular weight is 314 g/mol. The van der Waals surface area contributed by atoms with Crippen LogP contribution in [0, 0.1) is 17.5 Å². The molecule has 0 aliphatic rings. The third kappa shape index (κ3) is 3.44. The normalized spacial score (nSPS) is 11.9. The zero-order valence-corrected chi connectivity index (χ0v) is 11.4. The molecule has 0 saturated carbocycles. The Morgan fingerprint density at radius 1 is 0.909 bits per heavy atom. The largest absolute Gasteiger partial charge is 0.429 e. The van der Waals surface area contributed by atoms with Crippen molar-refractivity contribution < 1.29 is 26.7 Å². The molecule has 0 aliphatic heterocycles. The number of allylic oxidation sites excluding steroid dienone is 1. The summed E-state index contributed by atoms with van der Waals surface area (Å²) in [6.07, 6.45) is -0.853. The van der Waals surface area contributed by atoms with E-state index in [4.69, 9.17) is 0 Å². The zero-order chi connectivity index (χ0) is 16.3. The number of ether oxygens (including phenoxy) is 1. The third-order valence-corrected chi connectivity index (χ3v) is 2.80. The molecular weight excluding hydrogens is 303 g/mol. The maximum absolute atomic E-state index is 14.0. The Morgan fingerprint density at radius 3 is 2.23 bits per heavy atom. The smallest absolute Gasteiger partial charge is 0.429 e. The van der Waals surface area contributed by atoms with Crippen LogP contribution < -0.4 is 4.74 Å². The summed E-state index contributed by atoms with van der Waals surface area (Å²) in [5, 5.41) is 0. The molecule has 6 heteroatoms. The molecule has 0 amide bonds. The number of halogens is 5. The molecule has 0 atom stereocenters. The molecule has 2 aromatic carbocycles. The standard InChI is InChI=1S/C16H11F5O/c1-2-3-10-4-6-12(14(18)8-10)16(20,21)22-11-5-7-13(17)15(19)9-11/h2-9H,1H3. The molecule has 0 unspecified atom stereocenters. The lowest BCUT2D eigenvalue weighted by Gasteiger charge is -2.19. The molecule has 0 bridgehead atoms. The number of rotatable bonds is 4. The predicted octanol–water partition coefficient (Wildman–Crippen LogP) is 5.27. The van der Waals surface area contributed by atoms with Gasteiger partial charge in [0.05, 0.1) is 5.56 Å². The second-order valence-corrected chi connectivity index (χ2v) is 4.43. The lowest BCUT2D eigenvalue weighted by atomic mass is 10.1. The van der Waals surface area contributed by atoms with Crippen LogP contribution in [0.2, 0.25) is 0 Å². The van der Waals surface area contributed by atoms with Gasteiger partial charge in [-0.05, 0) is 36.8 Å². The third-order valence-electron chi connectivity index (χ3n) is 2.80.